The third kappa shape index (κ3) is 4.36. The maximum Gasteiger partial charge on any atom is 0.343 e. The van der Waals surface area contributed by atoms with Gasteiger partial charge in [0, 0.05) is 6.07 Å². The van der Waals surface area contributed by atoms with Gasteiger partial charge < -0.3 is 9.47 Å². The maximum absolute atomic E-state index is 12.2. The summed E-state index contributed by atoms with van der Waals surface area (Å²) in [5.74, 6) is -0.463. The summed E-state index contributed by atoms with van der Waals surface area (Å²) in [6.45, 7) is 3.88. The quantitative estimate of drug-likeness (QED) is 0.514. The van der Waals surface area contributed by atoms with Crippen LogP contribution in [0.15, 0.2) is 66.7 Å². The van der Waals surface area contributed by atoms with Crippen LogP contribution < -0.4 is 9.47 Å². The van der Waals surface area contributed by atoms with Crippen molar-refractivity contribution in [3.05, 3.63) is 95.1 Å². The largest absolute Gasteiger partial charge is 0.423 e. The Morgan fingerprint density at radius 2 is 1.08 bits per heavy atom. The molecule has 4 nitrogen and oxygen atoms in total. The van der Waals surface area contributed by atoms with Crippen molar-refractivity contribution in [2.24, 2.45) is 0 Å². The van der Waals surface area contributed by atoms with Crippen molar-refractivity contribution in [3.8, 4) is 11.5 Å². The Morgan fingerprint density at radius 1 is 0.692 bits per heavy atom. The zero-order valence-electron chi connectivity index (χ0n) is 14.5. The molecule has 0 spiro atoms. The number of rotatable bonds is 4. The van der Waals surface area contributed by atoms with Crippen molar-refractivity contribution in [2.45, 2.75) is 13.8 Å². The molecular weight excluding hydrogens is 328 g/mol. The molecule has 0 saturated carbocycles. The molecule has 0 bridgehead atoms. The van der Waals surface area contributed by atoms with Gasteiger partial charge in [-0.2, -0.15) is 0 Å². The topological polar surface area (TPSA) is 52.6 Å². The van der Waals surface area contributed by atoms with Gasteiger partial charge in [0.2, 0.25) is 0 Å². The molecule has 0 heterocycles. The van der Waals surface area contributed by atoms with E-state index >= 15 is 0 Å². The number of carbonyl (C=O) groups is 2. The van der Waals surface area contributed by atoms with Crippen LogP contribution >= 0.6 is 0 Å². The van der Waals surface area contributed by atoms with Crippen molar-refractivity contribution in [1.82, 2.24) is 0 Å². The molecule has 0 aromatic heterocycles. The highest BCUT2D eigenvalue weighted by atomic mass is 16.5. The zero-order valence-corrected chi connectivity index (χ0v) is 14.5. The van der Waals surface area contributed by atoms with Crippen LogP contribution in [0.5, 0.6) is 11.5 Å². The Bertz CT molecular complexity index is 850. The summed E-state index contributed by atoms with van der Waals surface area (Å²) in [7, 11) is 0. The molecule has 3 rings (SSSR count). The number of carbonyl (C=O) groups excluding carboxylic acids is 2. The summed E-state index contributed by atoms with van der Waals surface area (Å²) in [5, 5.41) is 0. The van der Waals surface area contributed by atoms with Crippen LogP contribution in [0.25, 0.3) is 0 Å². The van der Waals surface area contributed by atoms with Crippen LogP contribution in [-0.4, -0.2) is 11.9 Å². The van der Waals surface area contributed by atoms with E-state index in [9.17, 15) is 9.59 Å². The third-order valence-electron chi connectivity index (χ3n) is 3.73. The van der Waals surface area contributed by atoms with Gasteiger partial charge in [0.25, 0.3) is 0 Å². The smallest absolute Gasteiger partial charge is 0.343 e. The van der Waals surface area contributed by atoms with Crippen molar-refractivity contribution >= 4 is 11.9 Å². The first-order valence-corrected chi connectivity index (χ1v) is 8.10. The Morgan fingerprint density at radius 3 is 1.46 bits per heavy atom. The molecule has 0 amide bonds. The fraction of sp³-hybridized carbons (Fsp3) is 0.0909. The van der Waals surface area contributed by atoms with Crippen LogP contribution in [0.2, 0.25) is 0 Å². The monoisotopic (exact) mass is 345 g/mol. The minimum Gasteiger partial charge on any atom is -0.423 e. The normalized spacial score (nSPS) is 10.2. The van der Waals surface area contributed by atoms with Gasteiger partial charge in [-0.3, -0.25) is 0 Å². The molecular formula is C22H17O4. The molecule has 0 fully saturated rings. The number of esters is 2. The van der Waals surface area contributed by atoms with E-state index in [0.717, 1.165) is 11.1 Å². The predicted octanol–water partition coefficient (Wildman–Crippen LogP) is 4.54. The summed E-state index contributed by atoms with van der Waals surface area (Å²) < 4.78 is 10.6. The molecule has 4 heteroatoms. The van der Waals surface area contributed by atoms with E-state index in [1.54, 1.807) is 24.3 Å². The fourth-order valence-corrected chi connectivity index (χ4v) is 2.26. The molecule has 1 radical (unpaired) electrons. The first-order chi connectivity index (χ1) is 12.5. The second-order valence-electron chi connectivity index (χ2n) is 5.92. The lowest BCUT2D eigenvalue weighted by Crippen LogP contribution is -2.10. The van der Waals surface area contributed by atoms with Gasteiger partial charge in [-0.25, -0.2) is 9.59 Å². The van der Waals surface area contributed by atoms with E-state index in [1.807, 2.05) is 38.1 Å². The van der Waals surface area contributed by atoms with Gasteiger partial charge >= 0.3 is 11.9 Å². The average molecular weight is 345 g/mol. The summed E-state index contributed by atoms with van der Waals surface area (Å²) in [6.07, 6.45) is 0. The molecule has 129 valence electrons. The standard InChI is InChI=1S/C22H17O4/c1-15-6-10-17(11-7-15)21(23)25-19-4-3-5-20(14-19)26-22(24)18-12-8-16(2)9-13-18/h4-14H,1-2H3. The Hall–Kier alpha value is -3.40. The lowest BCUT2D eigenvalue weighted by molar-refractivity contribution is 0.0733. The van der Waals surface area contributed by atoms with E-state index in [1.165, 1.54) is 18.2 Å². The molecule has 0 aliphatic rings. The molecule has 0 N–H and O–H groups in total. The minimum absolute atomic E-state index is 0.254. The fourth-order valence-electron chi connectivity index (χ4n) is 2.26. The molecule has 0 aliphatic heterocycles. The van der Waals surface area contributed by atoms with Gasteiger partial charge in [0.15, 0.2) is 0 Å². The second-order valence-corrected chi connectivity index (χ2v) is 5.92. The SMILES string of the molecule is Cc1ccc(C(=O)Oc2c[c]cc(OC(=O)c3ccc(C)cc3)c2)cc1. The Kier molecular flexibility index (Phi) is 5.13. The van der Waals surface area contributed by atoms with Crippen LogP contribution in [0, 0.1) is 19.9 Å². The van der Waals surface area contributed by atoms with Gasteiger partial charge in [0.1, 0.15) is 11.5 Å². The van der Waals surface area contributed by atoms with E-state index < -0.39 is 11.9 Å². The van der Waals surface area contributed by atoms with E-state index in [4.69, 9.17) is 9.47 Å². The number of hydrogen-bond acceptors (Lipinski definition) is 4. The third-order valence-corrected chi connectivity index (χ3v) is 3.73. The van der Waals surface area contributed by atoms with Crippen LogP contribution in [0.3, 0.4) is 0 Å². The summed E-state index contributed by atoms with van der Waals surface area (Å²) in [5.41, 5.74) is 3.00. The summed E-state index contributed by atoms with van der Waals surface area (Å²) >= 11 is 0. The Balaban J connectivity index is 1.69. The maximum atomic E-state index is 12.2. The highest BCUT2D eigenvalue weighted by Crippen LogP contribution is 2.21. The number of ether oxygens (including phenoxy) is 2. The Labute approximate surface area is 152 Å². The number of hydrogen-bond donors (Lipinski definition) is 0. The summed E-state index contributed by atoms with van der Waals surface area (Å²) in [6, 6.07) is 21.4. The highest BCUT2D eigenvalue weighted by Gasteiger charge is 2.11. The minimum atomic E-state index is -0.486. The van der Waals surface area contributed by atoms with E-state index in [0.29, 0.717) is 11.1 Å². The van der Waals surface area contributed by atoms with Crippen LogP contribution in [0.1, 0.15) is 31.8 Å². The molecule has 0 atom stereocenters. The van der Waals surface area contributed by atoms with Crippen molar-refractivity contribution in [1.29, 1.82) is 0 Å². The lowest BCUT2D eigenvalue weighted by atomic mass is 10.1. The first-order valence-electron chi connectivity index (χ1n) is 8.10. The van der Waals surface area contributed by atoms with E-state index in [2.05, 4.69) is 6.07 Å². The van der Waals surface area contributed by atoms with Gasteiger partial charge in [-0.15, -0.1) is 0 Å². The summed E-state index contributed by atoms with van der Waals surface area (Å²) in [4.78, 5) is 24.3. The van der Waals surface area contributed by atoms with Gasteiger partial charge in [0.05, 0.1) is 11.1 Å². The van der Waals surface area contributed by atoms with Crippen molar-refractivity contribution < 1.29 is 19.1 Å². The molecule has 0 saturated heterocycles. The number of benzene rings is 3. The average Bonchev–Trinajstić information content (AvgIpc) is 2.63. The zero-order chi connectivity index (χ0) is 18.5. The van der Waals surface area contributed by atoms with Crippen molar-refractivity contribution in [3.63, 3.8) is 0 Å². The second kappa shape index (κ2) is 7.66. The van der Waals surface area contributed by atoms with Crippen LogP contribution in [0.4, 0.5) is 0 Å². The molecule has 3 aromatic rings. The molecule has 3 aromatic carbocycles. The number of aryl methyl sites for hydroxylation is 2. The molecule has 26 heavy (non-hydrogen) atoms. The molecule has 0 unspecified atom stereocenters. The van der Waals surface area contributed by atoms with Crippen LogP contribution in [-0.2, 0) is 0 Å². The first kappa shape index (κ1) is 17.4. The predicted molar refractivity (Wildman–Crippen MR) is 97.6 cm³/mol. The lowest BCUT2D eigenvalue weighted by Gasteiger charge is -2.08. The highest BCUT2D eigenvalue weighted by molar-refractivity contribution is 5.92. The van der Waals surface area contributed by atoms with E-state index in [-0.39, 0.29) is 11.5 Å². The molecule has 0 aliphatic carbocycles. The van der Waals surface area contributed by atoms with Gasteiger partial charge in [-0.05, 0) is 56.3 Å². The van der Waals surface area contributed by atoms with Gasteiger partial charge in [-0.1, -0.05) is 35.4 Å². The van der Waals surface area contributed by atoms with Crippen molar-refractivity contribution in [2.75, 3.05) is 0 Å².